The van der Waals surface area contributed by atoms with E-state index in [9.17, 15) is 18.0 Å². The monoisotopic (exact) mass is 203 g/mol. The molecule has 0 spiro atoms. The molecule has 0 aliphatic heterocycles. The molecule has 1 aromatic carbocycles. The molecule has 0 amide bonds. The van der Waals surface area contributed by atoms with Crippen molar-refractivity contribution in [1.82, 2.24) is 0 Å². The Balaban J connectivity index is 2.56. The van der Waals surface area contributed by atoms with Gasteiger partial charge in [0, 0.05) is 11.3 Å². The Kier molecular flexibility index (Phi) is 3.11. The quantitative estimate of drug-likeness (QED) is 0.764. The molecule has 5 heteroatoms. The zero-order valence-corrected chi connectivity index (χ0v) is 7.14. The number of nitrogens with one attached hydrogen (secondary N) is 1. The van der Waals surface area contributed by atoms with Gasteiger partial charge in [-0.15, -0.1) is 0 Å². The van der Waals surface area contributed by atoms with Crippen molar-refractivity contribution in [2.45, 2.75) is 6.18 Å². The summed E-state index contributed by atoms with van der Waals surface area (Å²) in [6.45, 7) is -1.08. The minimum atomic E-state index is -4.23. The first kappa shape index (κ1) is 10.6. The van der Waals surface area contributed by atoms with Crippen LogP contribution in [0.2, 0.25) is 0 Å². The molecule has 1 N–H and O–H groups in total. The van der Waals surface area contributed by atoms with Gasteiger partial charge < -0.3 is 5.32 Å². The molecule has 0 heterocycles. The lowest BCUT2D eigenvalue weighted by molar-refractivity contribution is -0.115. The summed E-state index contributed by atoms with van der Waals surface area (Å²) in [6, 6.07) is 5.75. The van der Waals surface area contributed by atoms with Crippen molar-refractivity contribution in [2.75, 3.05) is 11.9 Å². The first-order valence-corrected chi connectivity index (χ1v) is 3.87. The van der Waals surface area contributed by atoms with Crippen molar-refractivity contribution < 1.29 is 18.0 Å². The molecule has 0 atom stereocenters. The number of halogens is 3. The van der Waals surface area contributed by atoms with Gasteiger partial charge in [0.15, 0.2) is 0 Å². The highest BCUT2D eigenvalue weighted by Crippen LogP contribution is 2.16. The molecule has 0 aromatic heterocycles. The molecule has 1 aromatic rings. The van der Waals surface area contributed by atoms with Crippen LogP contribution < -0.4 is 5.32 Å². The third-order valence-electron chi connectivity index (χ3n) is 1.54. The standard InChI is InChI=1S/C9H8F3NO/c10-9(11,12)6-13-8-3-1-7(5-14)2-4-8/h1-5,13H,6H2. The number of benzene rings is 1. The molecule has 0 saturated heterocycles. The van der Waals surface area contributed by atoms with Gasteiger partial charge >= 0.3 is 6.18 Å². The fourth-order valence-electron chi connectivity index (χ4n) is 0.882. The van der Waals surface area contributed by atoms with E-state index in [0.717, 1.165) is 0 Å². The Morgan fingerprint density at radius 2 is 1.79 bits per heavy atom. The normalized spacial score (nSPS) is 11.1. The van der Waals surface area contributed by atoms with Gasteiger partial charge in [0.1, 0.15) is 12.8 Å². The predicted molar refractivity (Wildman–Crippen MR) is 46.4 cm³/mol. The first-order valence-electron chi connectivity index (χ1n) is 3.87. The van der Waals surface area contributed by atoms with Crippen LogP contribution in [0.4, 0.5) is 18.9 Å². The summed E-state index contributed by atoms with van der Waals surface area (Å²) in [5.41, 5.74) is 0.774. The van der Waals surface area contributed by atoms with Crippen molar-refractivity contribution in [2.24, 2.45) is 0 Å². The average molecular weight is 203 g/mol. The van der Waals surface area contributed by atoms with Crippen LogP contribution in [-0.2, 0) is 0 Å². The summed E-state index contributed by atoms with van der Waals surface area (Å²) >= 11 is 0. The van der Waals surface area contributed by atoms with E-state index in [2.05, 4.69) is 5.32 Å². The second-order valence-corrected chi connectivity index (χ2v) is 2.71. The number of alkyl halides is 3. The number of hydrogen-bond donors (Lipinski definition) is 1. The summed E-state index contributed by atoms with van der Waals surface area (Å²) in [5, 5.41) is 2.19. The topological polar surface area (TPSA) is 29.1 Å². The van der Waals surface area contributed by atoms with Gasteiger partial charge in [-0.2, -0.15) is 13.2 Å². The van der Waals surface area contributed by atoms with Crippen LogP contribution in [0.15, 0.2) is 24.3 Å². The lowest BCUT2D eigenvalue weighted by Gasteiger charge is -2.08. The summed E-state index contributed by atoms with van der Waals surface area (Å²) < 4.78 is 35.3. The third-order valence-corrected chi connectivity index (χ3v) is 1.54. The fourth-order valence-corrected chi connectivity index (χ4v) is 0.882. The lowest BCUT2D eigenvalue weighted by atomic mass is 10.2. The van der Waals surface area contributed by atoms with Gasteiger partial charge in [0.05, 0.1) is 0 Å². The van der Waals surface area contributed by atoms with E-state index in [0.29, 0.717) is 17.5 Å². The Morgan fingerprint density at radius 3 is 2.21 bits per heavy atom. The molecule has 0 aliphatic rings. The van der Waals surface area contributed by atoms with E-state index in [1.54, 1.807) is 0 Å². The first-order chi connectivity index (χ1) is 6.51. The lowest BCUT2D eigenvalue weighted by Crippen LogP contribution is -2.21. The predicted octanol–water partition coefficient (Wildman–Crippen LogP) is 2.47. The molecule has 0 fully saturated rings. The maximum Gasteiger partial charge on any atom is 0.405 e. The van der Waals surface area contributed by atoms with Gasteiger partial charge in [-0.3, -0.25) is 4.79 Å². The van der Waals surface area contributed by atoms with Crippen molar-refractivity contribution >= 4 is 12.0 Å². The number of anilines is 1. The maximum atomic E-state index is 11.8. The summed E-state index contributed by atoms with van der Waals surface area (Å²) in [5.74, 6) is 0. The highest BCUT2D eigenvalue weighted by molar-refractivity contribution is 5.75. The minimum Gasteiger partial charge on any atom is -0.376 e. The number of hydrogen-bond acceptors (Lipinski definition) is 2. The molecule has 14 heavy (non-hydrogen) atoms. The smallest absolute Gasteiger partial charge is 0.376 e. The number of carbonyl (C=O) groups is 1. The van der Waals surface area contributed by atoms with Crippen LogP contribution in [0.25, 0.3) is 0 Å². The average Bonchev–Trinajstić information content (AvgIpc) is 2.14. The summed E-state index contributed by atoms with van der Waals surface area (Å²) in [6.07, 6.45) is -3.60. The molecular weight excluding hydrogens is 195 g/mol. The molecule has 0 radical (unpaired) electrons. The summed E-state index contributed by atoms with van der Waals surface area (Å²) in [7, 11) is 0. The molecule has 76 valence electrons. The Hall–Kier alpha value is -1.52. The second-order valence-electron chi connectivity index (χ2n) is 2.71. The second kappa shape index (κ2) is 4.13. The van der Waals surface area contributed by atoms with Crippen LogP contribution in [0, 0.1) is 0 Å². The largest absolute Gasteiger partial charge is 0.405 e. The van der Waals surface area contributed by atoms with Crippen molar-refractivity contribution in [3.05, 3.63) is 29.8 Å². The molecule has 0 aliphatic carbocycles. The maximum absolute atomic E-state index is 11.8. The van der Waals surface area contributed by atoms with Gasteiger partial charge in [-0.1, -0.05) is 0 Å². The van der Waals surface area contributed by atoms with Crippen LogP contribution in [-0.4, -0.2) is 19.0 Å². The van der Waals surface area contributed by atoms with Gasteiger partial charge in [0.25, 0.3) is 0 Å². The fraction of sp³-hybridized carbons (Fsp3) is 0.222. The van der Waals surface area contributed by atoms with Crippen molar-refractivity contribution in [3.8, 4) is 0 Å². The Bertz CT molecular complexity index is 305. The molecule has 0 saturated carbocycles. The highest BCUT2D eigenvalue weighted by atomic mass is 19.4. The number of rotatable bonds is 3. The van der Waals surface area contributed by atoms with E-state index < -0.39 is 12.7 Å². The van der Waals surface area contributed by atoms with E-state index in [1.807, 2.05) is 0 Å². The Morgan fingerprint density at radius 1 is 1.21 bits per heavy atom. The highest BCUT2D eigenvalue weighted by Gasteiger charge is 2.26. The van der Waals surface area contributed by atoms with E-state index >= 15 is 0 Å². The minimum absolute atomic E-state index is 0.341. The summed E-state index contributed by atoms with van der Waals surface area (Å²) in [4.78, 5) is 10.2. The molecule has 1 rings (SSSR count). The zero-order chi connectivity index (χ0) is 10.6. The molecule has 0 bridgehead atoms. The molecule has 2 nitrogen and oxygen atoms in total. The Labute approximate surface area is 78.7 Å². The van der Waals surface area contributed by atoms with E-state index in [-0.39, 0.29) is 0 Å². The van der Waals surface area contributed by atoms with Gasteiger partial charge in [0.2, 0.25) is 0 Å². The van der Waals surface area contributed by atoms with Crippen LogP contribution in [0.5, 0.6) is 0 Å². The van der Waals surface area contributed by atoms with Crippen molar-refractivity contribution in [3.63, 3.8) is 0 Å². The molecule has 0 unspecified atom stereocenters. The van der Waals surface area contributed by atoms with E-state index in [1.165, 1.54) is 24.3 Å². The van der Waals surface area contributed by atoms with Crippen molar-refractivity contribution in [1.29, 1.82) is 0 Å². The van der Waals surface area contributed by atoms with Gasteiger partial charge in [-0.25, -0.2) is 0 Å². The zero-order valence-electron chi connectivity index (χ0n) is 7.14. The van der Waals surface area contributed by atoms with Crippen LogP contribution in [0.3, 0.4) is 0 Å². The third kappa shape index (κ3) is 3.47. The SMILES string of the molecule is O=Cc1ccc(NCC(F)(F)F)cc1. The number of aldehydes is 1. The molecular formula is C9H8F3NO. The number of carbonyl (C=O) groups excluding carboxylic acids is 1. The van der Waals surface area contributed by atoms with Crippen LogP contribution >= 0.6 is 0 Å². The van der Waals surface area contributed by atoms with Crippen LogP contribution in [0.1, 0.15) is 10.4 Å². The van der Waals surface area contributed by atoms with Gasteiger partial charge in [-0.05, 0) is 24.3 Å². The van der Waals surface area contributed by atoms with E-state index in [4.69, 9.17) is 0 Å².